The van der Waals surface area contributed by atoms with Gasteiger partial charge in [0.15, 0.2) is 0 Å². The lowest BCUT2D eigenvalue weighted by atomic mass is 10.2. The number of nitrogens with one attached hydrogen (secondary N) is 1. The van der Waals surface area contributed by atoms with E-state index >= 15 is 0 Å². The van der Waals surface area contributed by atoms with Crippen molar-refractivity contribution >= 4 is 35.0 Å². The number of carbonyl (C=O) groups excluding carboxylic acids is 1. The van der Waals surface area contributed by atoms with Crippen molar-refractivity contribution in [1.29, 1.82) is 0 Å². The molecule has 0 aliphatic rings. The number of hydrogen-bond donors (Lipinski definition) is 1. The van der Waals surface area contributed by atoms with Crippen molar-refractivity contribution in [1.82, 2.24) is 0 Å². The van der Waals surface area contributed by atoms with Crippen LogP contribution in [0.3, 0.4) is 0 Å². The Morgan fingerprint density at radius 1 is 1.62 bits per heavy atom. The van der Waals surface area contributed by atoms with Gasteiger partial charge in [0.2, 0.25) is 5.91 Å². The molecule has 0 unspecified atom stereocenters. The lowest BCUT2D eigenvalue weighted by Gasteiger charge is -2.08. The first-order valence-corrected chi connectivity index (χ1v) is 6.41. The molecule has 1 N–H and O–H groups in total. The summed E-state index contributed by atoms with van der Waals surface area (Å²) in [5.41, 5.74) is 1.78. The van der Waals surface area contributed by atoms with E-state index in [0.29, 0.717) is 10.8 Å². The van der Waals surface area contributed by atoms with Crippen LogP contribution in [0, 0.1) is 6.92 Å². The van der Waals surface area contributed by atoms with Crippen LogP contribution >= 0.6 is 23.4 Å². The molecule has 1 rings (SSSR count). The minimum atomic E-state index is -0.00253. The van der Waals surface area contributed by atoms with Crippen LogP contribution in [0.15, 0.2) is 30.9 Å². The molecule has 1 aromatic carbocycles. The fourth-order valence-corrected chi connectivity index (χ4v) is 1.96. The molecule has 0 atom stereocenters. The van der Waals surface area contributed by atoms with E-state index in [9.17, 15) is 4.79 Å². The molecule has 86 valence electrons. The summed E-state index contributed by atoms with van der Waals surface area (Å²) in [5, 5.41) is 3.52. The molecule has 1 amide bonds. The van der Waals surface area contributed by atoms with Crippen molar-refractivity contribution < 1.29 is 4.79 Å². The fourth-order valence-electron chi connectivity index (χ4n) is 1.19. The van der Waals surface area contributed by atoms with Gasteiger partial charge >= 0.3 is 0 Å². The summed E-state index contributed by atoms with van der Waals surface area (Å²) in [4.78, 5) is 11.5. The standard InChI is InChI=1S/C12H14ClNOS/c1-3-6-16-8-12(15)14-11-5-4-10(13)7-9(11)2/h3-5,7H,1,6,8H2,2H3,(H,14,15). The number of halogens is 1. The SMILES string of the molecule is C=CCSCC(=O)Nc1ccc(Cl)cc1C. The van der Waals surface area contributed by atoms with Crippen molar-refractivity contribution in [2.75, 3.05) is 16.8 Å². The van der Waals surface area contributed by atoms with Crippen molar-refractivity contribution in [3.63, 3.8) is 0 Å². The van der Waals surface area contributed by atoms with E-state index in [1.54, 1.807) is 12.1 Å². The average molecular weight is 256 g/mol. The first-order chi connectivity index (χ1) is 7.63. The molecular formula is C12H14ClNOS. The molecule has 0 radical (unpaired) electrons. The highest BCUT2D eigenvalue weighted by atomic mass is 35.5. The van der Waals surface area contributed by atoms with Gasteiger partial charge in [0.05, 0.1) is 5.75 Å². The van der Waals surface area contributed by atoms with Crippen LogP contribution in [-0.2, 0) is 4.79 Å². The second kappa shape index (κ2) is 6.61. The Labute approximate surface area is 105 Å². The Balaban J connectivity index is 2.52. The van der Waals surface area contributed by atoms with E-state index < -0.39 is 0 Å². The molecule has 0 spiro atoms. The monoisotopic (exact) mass is 255 g/mol. The number of thioether (sulfide) groups is 1. The quantitative estimate of drug-likeness (QED) is 0.645. The molecule has 4 heteroatoms. The van der Waals surface area contributed by atoms with Crippen molar-refractivity contribution in [2.45, 2.75) is 6.92 Å². The summed E-state index contributed by atoms with van der Waals surface area (Å²) in [6, 6.07) is 5.41. The highest BCUT2D eigenvalue weighted by molar-refractivity contribution is 8.00. The maximum absolute atomic E-state index is 11.5. The Kier molecular flexibility index (Phi) is 5.43. The Bertz CT molecular complexity index is 393. The lowest BCUT2D eigenvalue weighted by molar-refractivity contribution is -0.113. The van der Waals surface area contributed by atoms with Crippen LogP contribution < -0.4 is 5.32 Å². The highest BCUT2D eigenvalue weighted by Gasteiger charge is 2.04. The molecule has 0 heterocycles. The van der Waals surface area contributed by atoms with E-state index in [2.05, 4.69) is 11.9 Å². The van der Waals surface area contributed by atoms with Gasteiger partial charge in [-0.2, -0.15) is 0 Å². The Hall–Kier alpha value is -0.930. The van der Waals surface area contributed by atoms with Crippen molar-refractivity contribution in [3.05, 3.63) is 41.4 Å². The van der Waals surface area contributed by atoms with Gasteiger partial charge in [0.25, 0.3) is 0 Å². The second-order valence-corrected chi connectivity index (χ2v) is 4.78. The molecule has 0 saturated heterocycles. The zero-order chi connectivity index (χ0) is 12.0. The van der Waals surface area contributed by atoms with E-state index in [1.807, 2.05) is 19.1 Å². The summed E-state index contributed by atoms with van der Waals surface area (Å²) in [6.07, 6.45) is 1.78. The maximum Gasteiger partial charge on any atom is 0.234 e. The Morgan fingerprint density at radius 3 is 3.00 bits per heavy atom. The number of hydrogen-bond acceptors (Lipinski definition) is 2. The normalized spacial score (nSPS) is 9.88. The zero-order valence-electron chi connectivity index (χ0n) is 9.13. The maximum atomic E-state index is 11.5. The van der Waals surface area contributed by atoms with Crippen LogP contribution in [0.2, 0.25) is 5.02 Å². The topological polar surface area (TPSA) is 29.1 Å². The van der Waals surface area contributed by atoms with Gasteiger partial charge in [-0.3, -0.25) is 4.79 Å². The third-order valence-corrected chi connectivity index (χ3v) is 3.10. The zero-order valence-corrected chi connectivity index (χ0v) is 10.7. The predicted molar refractivity (Wildman–Crippen MR) is 72.3 cm³/mol. The number of aryl methyl sites for hydroxylation is 1. The van der Waals surface area contributed by atoms with Gasteiger partial charge in [0.1, 0.15) is 0 Å². The van der Waals surface area contributed by atoms with Crippen LogP contribution in [0.25, 0.3) is 0 Å². The number of amides is 1. The highest BCUT2D eigenvalue weighted by Crippen LogP contribution is 2.19. The smallest absolute Gasteiger partial charge is 0.234 e. The minimum absolute atomic E-state index is 0.00253. The van der Waals surface area contributed by atoms with Crippen LogP contribution in [0.1, 0.15) is 5.56 Å². The lowest BCUT2D eigenvalue weighted by Crippen LogP contribution is -2.14. The largest absolute Gasteiger partial charge is 0.325 e. The van der Waals surface area contributed by atoms with Crippen LogP contribution in [-0.4, -0.2) is 17.4 Å². The second-order valence-electron chi connectivity index (χ2n) is 3.31. The van der Waals surface area contributed by atoms with Crippen molar-refractivity contribution in [3.8, 4) is 0 Å². The molecule has 0 aliphatic heterocycles. The fraction of sp³-hybridized carbons (Fsp3) is 0.250. The summed E-state index contributed by atoms with van der Waals surface area (Å²) in [5.74, 6) is 1.22. The first-order valence-electron chi connectivity index (χ1n) is 4.88. The molecule has 0 fully saturated rings. The number of carbonyl (C=O) groups is 1. The summed E-state index contributed by atoms with van der Waals surface area (Å²) in [7, 11) is 0. The molecule has 0 bridgehead atoms. The van der Waals surface area contributed by atoms with Gasteiger partial charge < -0.3 is 5.32 Å². The van der Waals surface area contributed by atoms with Gasteiger partial charge in [0, 0.05) is 16.5 Å². The van der Waals surface area contributed by atoms with Gasteiger partial charge in [-0.25, -0.2) is 0 Å². The first kappa shape index (κ1) is 13.1. The number of benzene rings is 1. The van der Waals surface area contributed by atoms with Crippen LogP contribution in [0.4, 0.5) is 5.69 Å². The molecular weight excluding hydrogens is 242 g/mol. The summed E-state index contributed by atoms with van der Waals surface area (Å²) >= 11 is 7.36. The molecule has 0 saturated carbocycles. The molecule has 0 aromatic heterocycles. The van der Waals surface area contributed by atoms with Gasteiger partial charge in [-0.05, 0) is 30.7 Å². The van der Waals surface area contributed by atoms with Crippen LogP contribution in [0.5, 0.6) is 0 Å². The van der Waals surface area contributed by atoms with E-state index in [4.69, 9.17) is 11.6 Å². The summed E-state index contributed by atoms with van der Waals surface area (Å²) < 4.78 is 0. The average Bonchev–Trinajstić information content (AvgIpc) is 2.23. The Morgan fingerprint density at radius 2 is 2.38 bits per heavy atom. The molecule has 2 nitrogen and oxygen atoms in total. The third kappa shape index (κ3) is 4.29. The molecule has 16 heavy (non-hydrogen) atoms. The minimum Gasteiger partial charge on any atom is -0.325 e. The van der Waals surface area contributed by atoms with Gasteiger partial charge in [-0.15, -0.1) is 18.3 Å². The predicted octanol–water partition coefficient (Wildman–Crippen LogP) is 3.51. The van der Waals surface area contributed by atoms with Gasteiger partial charge in [-0.1, -0.05) is 17.7 Å². The number of anilines is 1. The number of rotatable bonds is 5. The van der Waals surface area contributed by atoms with E-state index in [-0.39, 0.29) is 5.91 Å². The van der Waals surface area contributed by atoms with E-state index in [1.165, 1.54) is 11.8 Å². The van der Waals surface area contributed by atoms with Crippen molar-refractivity contribution in [2.24, 2.45) is 0 Å². The molecule has 0 aliphatic carbocycles. The summed E-state index contributed by atoms with van der Waals surface area (Å²) in [6.45, 7) is 5.51. The van der Waals surface area contributed by atoms with E-state index in [0.717, 1.165) is 17.0 Å². The third-order valence-electron chi connectivity index (χ3n) is 1.93. The molecule has 1 aromatic rings.